The van der Waals surface area contributed by atoms with Crippen molar-refractivity contribution in [3.05, 3.63) is 72.1 Å². The summed E-state index contributed by atoms with van der Waals surface area (Å²) in [7, 11) is -3.56. The van der Waals surface area contributed by atoms with Crippen LogP contribution in [0, 0.1) is 0 Å². The van der Waals surface area contributed by atoms with Crippen LogP contribution in [0.5, 0.6) is 5.75 Å². The molecule has 4 rings (SSSR count). The average molecular weight is 452 g/mol. The summed E-state index contributed by atoms with van der Waals surface area (Å²) >= 11 is 0. The zero-order valence-corrected chi connectivity index (χ0v) is 18.2. The molecule has 3 aromatic rings. The third kappa shape index (κ3) is 5.91. The maximum Gasteiger partial charge on any atom is 0.240 e. The summed E-state index contributed by atoms with van der Waals surface area (Å²) in [5.41, 5.74) is 2.37. The second-order valence-electron chi connectivity index (χ2n) is 7.58. The third-order valence-electron chi connectivity index (χ3n) is 5.05. The smallest absolute Gasteiger partial charge is 0.240 e. The predicted molar refractivity (Wildman–Crippen MR) is 125 cm³/mol. The lowest BCUT2D eigenvalue weighted by molar-refractivity contribution is 0.428. The Kier molecular flexibility index (Phi) is 6.79. The largest absolute Gasteiger partial charge is 0.508 e. The number of phenolic OH excluding ortho intramolecular Hbond substituents is 1. The fourth-order valence-corrected chi connectivity index (χ4v) is 4.67. The topological polar surface area (TPSA) is 116 Å². The normalized spacial score (nSPS) is 16.8. The summed E-state index contributed by atoms with van der Waals surface area (Å²) in [6.07, 6.45) is 8.86. The van der Waals surface area contributed by atoms with Gasteiger partial charge in [-0.1, -0.05) is 24.3 Å². The first-order valence-corrected chi connectivity index (χ1v) is 11.9. The number of nitrogens with one attached hydrogen (secondary N) is 3. The Labute approximate surface area is 187 Å². The van der Waals surface area contributed by atoms with Crippen molar-refractivity contribution < 1.29 is 13.5 Å². The van der Waals surface area contributed by atoms with Gasteiger partial charge in [0.25, 0.3) is 0 Å². The molecule has 0 spiro atoms. The highest BCUT2D eigenvalue weighted by atomic mass is 32.2. The molecule has 0 bridgehead atoms. The van der Waals surface area contributed by atoms with Crippen molar-refractivity contribution in [2.75, 3.05) is 18.4 Å². The van der Waals surface area contributed by atoms with Crippen molar-refractivity contribution in [3.63, 3.8) is 0 Å². The van der Waals surface area contributed by atoms with E-state index in [9.17, 15) is 13.5 Å². The molecule has 2 aromatic carbocycles. The highest BCUT2D eigenvalue weighted by molar-refractivity contribution is 7.89. The number of sulfonamides is 1. The third-order valence-corrected chi connectivity index (χ3v) is 6.59. The molecule has 1 saturated heterocycles. The minimum absolute atomic E-state index is 0.0832. The van der Waals surface area contributed by atoms with Crippen LogP contribution < -0.4 is 15.4 Å². The molecule has 0 aliphatic carbocycles. The van der Waals surface area contributed by atoms with Gasteiger partial charge in [-0.3, -0.25) is 0 Å². The number of aromatic nitrogens is 2. The van der Waals surface area contributed by atoms with E-state index < -0.39 is 10.0 Å². The number of hydrogen-bond donors (Lipinski definition) is 4. The Morgan fingerprint density at radius 3 is 2.47 bits per heavy atom. The van der Waals surface area contributed by atoms with Gasteiger partial charge in [0.1, 0.15) is 5.75 Å². The van der Waals surface area contributed by atoms with Crippen LogP contribution in [0.25, 0.3) is 12.2 Å². The minimum Gasteiger partial charge on any atom is -0.508 e. The number of anilines is 2. The maximum atomic E-state index is 12.6. The molecule has 9 heteroatoms. The Morgan fingerprint density at radius 1 is 1.03 bits per heavy atom. The number of nitrogens with zero attached hydrogens (tertiary/aromatic N) is 2. The summed E-state index contributed by atoms with van der Waals surface area (Å²) in [5, 5.41) is 15.8. The lowest BCUT2D eigenvalue weighted by Gasteiger charge is -2.23. The van der Waals surface area contributed by atoms with E-state index in [-0.39, 0.29) is 16.7 Å². The van der Waals surface area contributed by atoms with Gasteiger partial charge >= 0.3 is 0 Å². The lowest BCUT2D eigenvalue weighted by Crippen LogP contribution is -2.45. The van der Waals surface area contributed by atoms with Crippen LogP contribution in [0.15, 0.2) is 65.8 Å². The molecular weight excluding hydrogens is 426 g/mol. The van der Waals surface area contributed by atoms with E-state index in [1.165, 1.54) is 0 Å². The molecule has 32 heavy (non-hydrogen) atoms. The van der Waals surface area contributed by atoms with Crippen LogP contribution in [0.1, 0.15) is 24.0 Å². The molecule has 4 N–H and O–H groups in total. The highest BCUT2D eigenvalue weighted by Gasteiger charge is 2.21. The second-order valence-corrected chi connectivity index (χ2v) is 9.30. The molecule has 1 aliphatic rings. The molecule has 0 saturated carbocycles. The molecule has 166 valence electrons. The molecule has 1 aromatic heterocycles. The monoisotopic (exact) mass is 451 g/mol. The van der Waals surface area contributed by atoms with Crippen molar-refractivity contribution in [2.24, 2.45) is 0 Å². The lowest BCUT2D eigenvalue weighted by atomic mass is 10.1. The predicted octanol–water partition coefficient (Wildman–Crippen LogP) is 3.13. The Morgan fingerprint density at radius 2 is 1.78 bits per heavy atom. The second kappa shape index (κ2) is 9.90. The SMILES string of the molecule is O=S(=O)(NC1CCCNC1)c1ccc(Nc2ncc(/C=C/c3cccc(O)c3)cn2)cc1. The van der Waals surface area contributed by atoms with Gasteiger partial charge in [-0.05, 0) is 61.3 Å². The van der Waals surface area contributed by atoms with Crippen LogP contribution in [-0.2, 0) is 10.0 Å². The number of hydrogen-bond acceptors (Lipinski definition) is 7. The van der Waals surface area contributed by atoms with E-state index in [2.05, 4.69) is 25.3 Å². The van der Waals surface area contributed by atoms with E-state index in [0.29, 0.717) is 18.2 Å². The van der Waals surface area contributed by atoms with Crippen LogP contribution in [-0.4, -0.2) is 42.6 Å². The highest BCUT2D eigenvalue weighted by Crippen LogP contribution is 2.18. The molecular formula is C23H25N5O3S. The van der Waals surface area contributed by atoms with Crippen molar-refractivity contribution in [2.45, 2.75) is 23.8 Å². The average Bonchev–Trinajstić information content (AvgIpc) is 2.79. The van der Waals surface area contributed by atoms with Gasteiger partial charge in [0.15, 0.2) is 0 Å². The molecule has 8 nitrogen and oxygen atoms in total. The number of benzene rings is 2. The van der Waals surface area contributed by atoms with Gasteiger partial charge in [-0.2, -0.15) is 0 Å². The van der Waals surface area contributed by atoms with Gasteiger partial charge in [0.2, 0.25) is 16.0 Å². The number of aromatic hydroxyl groups is 1. The zero-order valence-electron chi connectivity index (χ0n) is 17.4. The van der Waals surface area contributed by atoms with Crippen molar-refractivity contribution in [3.8, 4) is 5.75 Å². The minimum atomic E-state index is -3.56. The van der Waals surface area contributed by atoms with E-state index >= 15 is 0 Å². The van der Waals surface area contributed by atoms with Crippen LogP contribution >= 0.6 is 0 Å². The molecule has 2 heterocycles. The van der Waals surface area contributed by atoms with Crippen LogP contribution in [0.2, 0.25) is 0 Å². The van der Waals surface area contributed by atoms with E-state index in [1.807, 2.05) is 18.2 Å². The van der Waals surface area contributed by atoms with Gasteiger partial charge in [0.05, 0.1) is 4.90 Å². The van der Waals surface area contributed by atoms with Gasteiger partial charge in [-0.25, -0.2) is 23.1 Å². The molecule has 1 atom stereocenters. The molecule has 1 unspecified atom stereocenters. The van der Waals surface area contributed by atoms with E-state index in [1.54, 1.807) is 54.9 Å². The summed E-state index contributed by atoms with van der Waals surface area (Å²) in [5.74, 6) is 0.616. The summed E-state index contributed by atoms with van der Waals surface area (Å²) in [4.78, 5) is 8.81. The summed E-state index contributed by atoms with van der Waals surface area (Å²) < 4.78 is 27.9. The standard InChI is InChI=1S/C23H25N5O3S/c29-21-5-1-3-17(13-21)6-7-18-14-25-23(26-15-18)27-19-8-10-22(11-9-19)32(30,31)28-20-4-2-12-24-16-20/h1,3,5-11,13-15,20,24,28-29H,2,4,12,16H2,(H,25,26,27)/b7-6+. The van der Waals surface area contributed by atoms with Crippen molar-refractivity contribution in [1.29, 1.82) is 0 Å². The Hall–Kier alpha value is -3.27. The molecule has 1 aliphatic heterocycles. The first-order valence-electron chi connectivity index (χ1n) is 10.4. The number of piperidine rings is 1. The first-order chi connectivity index (χ1) is 15.5. The van der Waals surface area contributed by atoms with Crippen molar-refractivity contribution in [1.82, 2.24) is 20.0 Å². The van der Waals surface area contributed by atoms with Gasteiger partial charge in [0, 0.05) is 36.2 Å². The Bertz CT molecular complexity index is 1170. The van der Waals surface area contributed by atoms with Crippen LogP contribution in [0.4, 0.5) is 11.6 Å². The van der Waals surface area contributed by atoms with Gasteiger partial charge < -0.3 is 15.7 Å². The van der Waals surface area contributed by atoms with Crippen molar-refractivity contribution >= 4 is 33.8 Å². The van der Waals surface area contributed by atoms with E-state index in [0.717, 1.165) is 30.5 Å². The molecule has 0 amide bonds. The summed E-state index contributed by atoms with van der Waals surface area (Å²) in [6.45, 7) is 1.57. The van der Waals surface area contributed by atoms with E-state index in [4.69, 9.17) is 0 Å². The van der Waals surface area contributed by atoms with Crippen LogP contribution in [0.3, 0.4) is 0 Å². The fraction of sp³-hybridized carbons (Fsp3) is 0.217. The molecule has 1 fully saturated rings. The quantitative estimate of drug-likeness (QED) is 0.436. The number of rotatable bonds is 7. The Balaban J connectivity index is 1.37. The first kappa shape index (κ1) is 21.9. The molecule has 0 radical (unpaired) electrons. The zero-order chi connectivity index (χ0) is 22.4. The summed E-state index contributed by atoms with van der Waals surface area (Å²) in [6, 6.07) is 13.4. The fourth-order valence-electron chi connectivity index (χ4n) is 3.40. The number of phenols is 1. The maximum absolute atomic E-state index is 12.6. The van der Waals surface area contributed by atoms with Gasteiger partial charge in [-0.15, -0.1) is 0 Å².